The van der Waals surface area contributed by atoms with Gasteiger partial charge in [0.15, 0.2) is 0 Å². The molecule has 1 aromatic heterocycles. The first-order chi connectivity index (χ1) is 8.59. The number of halogens is 1. The van der Waals surface area contributed by atoms with Crippen molar-refractivity contribution >= 4 is 11.6 Å². The van der Waals surface area contributed by atoms with Crippen LogP contribution < -0.4 is 5.32 Å². The van der Waals surface area contributed by atoms with Crippen molar-refractivity contribution in [1.29, 1.82) is 0 Å². The number of rotatable bonds is 4. The van der Waals surface area contributed by atoms with Crippen molar-refractivity contribution < 1.29 is 5.11 Å². The molecule has 2 rings (SSSR count). The van der Waals surface area contributed by atoms with E-state index in [-0.39, 0.29) is 0 Å². The number of pyridine rings is 1. The summed E-state index contributed by atoms with van der Waals surface area (Å²) in [6, 6.07) is 1.91. The van der Waals surface area contributed by atoms with Crippen LogP contribution in [0.25, 0.3) is 0 Å². The van der Waals surface area contributed by atoms with Gasteiger partial charge in [-0.25, -0.2) is 0 Å². The third kappa shape index (κ3) is 3.67. The topological polar surface area (TPSA) is 45.1 Å². The standard InChI is InChI=1S/C14H21ClN2O/c1-11-2-5-14(18,6-3-11)10-17-8-12-4-7-16-9-13(12)15/h4,7,9,11,17-18H,2-3,5-6,8,10H2,1H3. The minimum absolute atomic E-state index is 0.536. The second kappa shape index (κ2) is 6.00. The van der Waals surface area contributed by atoms with E-state index >= 15 is 0 Å². The molecule has 1 aromatic rings. The van der Waals surface area contributed by atoms with E-state index in [1.54, 1.807) is 12.4 Å². The number of aromatic nitrogens is 1. The van der Waals surface area contributed by atoms with Gasteiger partial charge in [0.1, 0.15) is 0 Å². The quantitative estimate of drug-likeness (QED) is 0.883. The lowest BCUT2D eigenvalue weighted by Gasteiger charge is -2.35. The Kier molecular flexibility index (Phi) is 4.60. The maximum Gasteiger partial charge on any atom is 0.0771 e. The summed E-state index contributed by atoms with van der Waals surface area (Å²) < 4.78 is 0. The van der Waals surface area contributed by atoms with Crippen LogP contribution in [0.5, 0.6) is 0 Å². The van der Waals surface area contributed by atoms with Gasteiger partial charge in [-0.1, -0.05) is 18.5 Å². The van der Waals surface area contributed by atoms with E-state index < -0.39 is 5.60 Å². The van der Waals surface area contributed by atoms with Crippen LogP contribution in [0.1, 0.15) is 38.2 Å². The molecule has 1 aliphatic carbocycles. The summed E-state index contributed by atoms with van der Waals surface area (Å²) >= 11 is 6.03. The van der Waals surface area contributed by atoms with E-state index in [0.717, 1.165) is 37.2 Å². The van der Waals surface area contributed by atoms with Gasteiger partial charge in [0.05, 0.1) is 10.6 Å². The fraction of sp³-hybridized carbons (Fsp3) is 0.643. The van der Waals surface area contributed by atoms with Crippen molar-refractivity contribution in [1.82, 2.24) is 10.3 Å². The largest absolute Gasteiger partial charge is 0.389 e. The smallest absolute Gasteiger partial charge is 0.0771 e. The number of hydrogen-bond acceptors (Lipinski definition) is 3. The second-order valence-corrected chi connectivity index (χ2v) is 5.88. The molecule has 0 atom stereocenters. The first kappa shape index (κ1) is 13.8. The maximum absolute atomic E-state index is 10.4. The highest BCUT2D eigenvalue weighted by Crippen LogP contribution is 2.31. The lowest BCUT2D eigenvalue weighted by atomic mass is 9.79. The zero-order valence-corrected chi connectivity index (χ0v) is 11.6. The molecule has 0 aliphatic heterocycles. The van der Waals surface area contributed by atoms with Gasteiger partial charge in [0, 0.05) is 25.5 Å². The van der Waals surface area contributed by atoms with Crippen molar-refractivity contribution in [2.75, 3.05) is 6.54 Å². The third-order valence-electron chi connectivity index (χ3n) is 3.83. The van der Waals surface area contributed by atoms with Crippen LogP contribution in [0, 0.1) is 5.92 Å². The summed E-state index contributed by atoms with van der Waals surface area (Å²) in [5.74, 6) is 0.750. The Bertz CT molecular complexity index is 389. The van der Waals surface area contributed by atoms with E-state index in [1.165, 1.54) is 0 Å². The molecular formula is C14H21ClN2O. The van der Waals surface area contributed by atoms with Crippen LogP contribution in [0.3, 0.4) is 0 Å². The van der Waals surface area contributed by atoms with Crippen molar-refractivity contribution in [3.05, 3.63) is 29.0 Å². The Morgan fingerprint density at radius 1 is 1.50 bits per heavy atom. The van der Waals surface area contributed by atoms with Crippen LogP contribution in [0.4, 0.5) is 0 Å². The van der Waals surface area contributed by atoms with Gasteiger partial charge < -0.3 is 10.4 Å². The van der Waals surface area contributed by atoms with E-state index in [2.05, 4.69) is 17.2 Å². The Morgan fingerprint density at radius 3 is 2.89 bits per heavy atom. The molecule has 18 heavy (non-hydrogen) atoms. The lowest BCUT2D eigenvalue weighted by Crippen LogP contribution is -2.43. The number of nitrogens with one attached hydrogen (secondary N) is 1. The summed E-state index contributed by atoms with van der Waals surface area (Å²) in [5.41, 5.74) is 0.492. The minimum atomic E-state index is -0.536. The van der Waals surface area contributed by atoms with Gasteiger partial charge in [-0.3, -0.25) is 4.98 Å². The van der Waals surface area contributed by atoms with Gasteiger partial charge in [-0.05, 0) is 43.2 Å². The highest BCUT2D eigenvalue weighted by atomic mass is 35.5. The SMILES string of the molecule is CC1CCC(O)(CNCc2ccncc2Cl)CC1. The predicted octanol–water partition coefficient (Wildman–Crippen LogP) is 2.77. The maximum atomic E-state index is 10.4. The first-order valence-electron chi connectivity index (χ1n) is 6.60. The summed E-state index contributed by atoms with van der Waals surface area (Å²) in [4.78, 5) is 3.96. The Morgan fingerprint density at radius 2 is 2.22 bits per heavy atom. The van der Waals surface area contributed by atoms with Crippen LogP contribution in [-0.4, -0.2) is 22.2 Å². The summed E-state index contributed by atoms with van der Waals surface area (Å²) in [7, 11) is 0. The molecule has 0 aromatic carbocycles. The van der Waals surface area contributed by atoms with Crippen molar-refractivity contribution in [3.63, 3.8) is 0 Å². The average molecular weight is 269 g/mol. The number of aliphatic hydroxyl groups is 1. The fourth-order valence-electron chi connectivity index (χ4n) is 2.45. The average Bonchev–Trinajstić information content (AvgIpc) is 2.36. The van der Waals surface area contributed by atoms with Crippen LogP contribution in [0.2, 0.25) is 5.02 Å². The van der Waals surface area contributed by atoms with Crippen LogP contribution in [-0.2, 0) is 6.54 Å². The monoisotopic (exact) mass is 268 g/mol. The zero-order chi connectivity index (χ0) is 13.0. The molecule has 0 radical (unpaired) electrons. The van der Waals surface area contributed by atoms with E-state index in [9.17, 15) is 5.11 Å². The van der Waals surface area contributed by atoms with Gasteiger partial charge in [-0.15, -0.1) is 0 Å². The molecule has 2 N–H and O–H groups in total. The normalized spacial score (nSPS) is 28.3. The van der Waals surface area contributed by atoms with Crippen molar-refractivity contribution in [2.24, 2.45) is 5.92 Å². The Labute approximate surface area is 114 Å². The van der Waals surface area contributed by atoms with Crippen LogP contribution in [0.15, 0.2) is 18.5 Å². The summed E-state index contributed by atoms with van der Waals surface area (Å²) in [6.45, 7) is 3.57. The molecule has 0 saturated heterocycles. The Balaban J connectivity index is 1.80. The summed E-state index contributed by atoms with van der Waals surface area (Å²) in [6.07, 6.45) is 7.41. The molecule has 1 fully saturated rings. The fourth-order valence-corrected chi connectivity index (χ4v) is 2.64. The summed E-state index contributed by atoms with van der Waals surface area (Å²) in [5, 5.41) is 14.4. The minimum Gasteiger partial charge on any atom is -0.389 e. The zero-order valence-electron chi connectivity index (χ0n) is 10.8. The van der Waals surface area contributed by atoms with E-state index in [0.29, 0.717) is 18.1 Å². The van der Waals surface area contributed by atoms with E-state index in [4.69, 9.17) is 11.6 Å². The lowest BCUT2D eigenvalue weighted by molar-refractivity contribution is -0.00630. The number of nitrogens with zero attached hydrogens (tertiary/aromatic N) is 1. The molecule has 1 saturated carbocycles. The van der Waals surface area contributed by atoms with Gasteiger partial charge >= 0.3 is 0 Å². The molecule has 3 nitrogen and oxygen atoms in total. The Hall–Kier alpha value is -0.640. The van der Waals surface area contributed by atoms with Crippen molar-refractivity contribution in [3.8, 4) is 0 Å². The van der Waals surface area contributed by atoms with E-state index in [1.807, 2.05) is 6.07 Å². The molecule has 100 valence electrons. The second-order valence-electron chi connectivity index (χ2n) is 5.48. The molecular weight excluding hydrogens is 248 g/mol. The molecule has 1 heterocycles. The van der Waals surface area contributed by atoms with Gasteiger partial charge in [-0.2, -0.15) is 0 Å². The van der Waals surface area contributed by atoms with Crippen LogP contribution >= 0.6 is 11.6 Å². The molecule has 0 bridgehead atoms. The number of hydrogen-bond donors (Lipinski definition) is 2. The first-order valence-corrected chi connectivity index (χ1v) is 6.98. The predicted molar refractivity (Wildman–Crippen MR) is 73.5 cm³/mol. The highest BCUT2D eigenvalue weighted by Gasteiger charge is 2.31. The van der Waals surface area contributed by atoms with Crippen molar-refractivity contribution in [2.45, 2.75) is 44.8 Å². The highest BCUT2D eigenvalue weighted by molar-refractivity contribution is 6.31. The van der Waals surface area contributed by atoms with Gasteiger partial charge in [0.2, 0.25) is 0 Å². The van der Waals surface area contributed by atoms with Gasteiger partial charge in [0.25, 0.3) is 0 Å². The molecule has 0 spiro atoms. The third-order valence-corrected chi connectivity index (χ3v) is 4.17. The molecule has 1 aliphatic rings. The molecule has 0 unspecified atom stereocenters. The molecule has 0 amide bonds. The molecule has 4 heteroatoms.